The lowest BCUT2D eigenvalue weighted by Crippen LogP contribution is -2.13. The Morgan fingerprint density at radius 2 is 2.33 bits per heavy atom. The maximum atomic E-state index is 5.92. The summed E-state index contributed by atoms with van der Waals surface area (Å²) in [5.41, 5.74) is 7.78. The SMILES string of the molecule is C#CCn1c(C(C)N)nc2cc(OCC)ccc21. The van der Waals surface area contributed by atoms with Gasteiger partial charge >= 0.3 is 0 Å². The number of imidazole rings is 1. The fourth-order valence-electron chi connectivity index (χ4n) is 1.99. The highest BCUT2D eigenvalue weighted by Gasteiger charge is 2.13. The van der Waals surface area contributed by atoms with Crippen molar-refractivity contribution in [2.24, 2.45) is 5.73 Å². The second-order valence-corrected chi connectivity index (χ2v) is 4.13. The number of rotatable bonds is 4. The first-order valence-electron chi connectivity index (χ1n) is 5.99. The van der Waals surface area contributed by atoms with Crippen LogP contribution in [-0.4, -0.2) is 16.2 Å². The summed E-state index contributed by atoms with van der Waals surface area (Å²) in [6, 6.07) is 5.65. The lowest BCUT2D eigenvalue weighted by atomic mass is 10.3. The van der Waals surface area contributed by atoms with Crippen LogP contribution >= 0.6 is 0 Å². The fraction of sp³-hybridized carbons (Fsp3) is 0.357. The number of ether oxygens (including phenoxy) is 1. The van der Waals surface area contributed by atoms with Gasteiger partial charge in [-0.05, 0) is 26.0 Å². The number of hydrogen-bond acceptors (Lipinski definition) is 3. The van der Waals surface area contributed by atoms with Crippen molar-refractivity contribution < 1.29 is 4.74 Å². The topological polar surface area (TPSA) is 53.1 Å². The highest BCUT2D eigenvalue weighted by Crippen LogP contribution is 2.24. The molecule has 4 heteroatoms. The highest BCUT2D eigenvalue weighted by atomic mass is 16.5. The van der Waals surface area contributed by atoms with Crippen LogP contribution in [0.1, 0.15) is 25.7 Å². The molecular formula is C14H17N3O. The molecule has 0 fully saturated rings. The molecule has 1 aromatic heterocycles. The van der Waals surface area contributed by atoms with Crippen molar-refractivity contribution in [3.8, 4) is 18.1 Å². The molecule has 2 aromatic rings. The van der Waals surface area contributed by atoms with Crippen LogP contribution < -0.4 is 10.5 Å². The van der Waals surface area contributed by atoms with Gasteiger partial charge in [0.15, 0.2) is 0 Å². The third-order valence-electron chi connectivity index (χ3n) is 2.72. The van der Waals surface area contributed by atoms with Gasteiger partial charge < -0.3 is 15.0 Å². The zero-order valence-corrected chi connectivity index (χ0v) is 10.7. The number of fused-ring (bicyclic) bond motifs is 1. The Morgan fingerprint density at radius 3 is 2.94 bits per heavy atom. The van der Waals surface area contributed by atoms with Crippen LogP contribution in [0, 0.1) is 12.3 Å². The quantitative estimate of drug-likeness (QED) is 0.836. The number of terminal acetylenes is 1. The minimum atomic E-state index is -0.152. The van der Waals surface area contributed by atoms with Crippen LogP contribution in [0.4, 0.5) is 0 Å². The average Bonchev–Trinajstić information content (AvgIpc) is 2.69. The van der Waals surface area contributed by atoms with Gasteiger partial charge in [0.25, 0.3) is 0 Å². The summed E-state index contributed by atoms with van der Waals surface area (Å²) >= 11 is 0. The van der Waals surface area contributed by atoms with Gasteiger partial charge in [-0.3, -0.25) is 0 Å². The van der Waals surface area contributed by atoms with E-state index < -0.39 is 0 Å². The number of nitrogens with two attached hydrogens (primary N) is 1. The second-order valence-electron chi connectivity index (χ2n) is 4.13. The summed E-state index contributed by atoms with van der Waals surface area (Å²) in [6.45, 7) is 4.96. The summed E-state index contributed by atoms with van der Waals surface area (Å²) in [7, 11) is 0. The smallest absolute Gasteiger partial charge is 0.127 e. The Hall–Kier alpha value is -1.99. The number of aromatic nitrogens is 2. The van der Waals surface area contributed by atoms with Crippen LogP contribution in [0.5, 0.6) is 5.75 Å². The molecule has 0 aliphatic carbocycles. The Labute approximate surface area is 107 Å². The molecule has 0 saturated carbocycles. The van der Waals surface area contributed by atoms with E-state index in [0.29, 0.717) is 13.2 Å². The molecule has 2 N–H and O–H groups in total. The molecule has 0 amide bonds. The van der Waals surface area contributed by atoms with Gasteiger partial charge in [0, 0.05) is 6.07 Å². The van der Waals surface area contributed by atoms with E-state index >= 15 is 0 Å². The van der Waals surface area contributed by atoms with E-state index in [-0.39, 0.29) is 6.04 Å². The van der Waals surface area contributed by atoms with Crippen molar-refractivity contribution in [1.82, 2.24) is 9.55 Å². The molecule has 0 aliphatic rings. The normalized spacial score (nSPS) is 12.3. The zero-order valence-electron chi connectivity index (χ0n) is 10.7. The van der Waals surface area contributed by atoms with Crippen molar-refractivity contribution >= 4 is 11.0 Å². The molecule has 18 heavy (non-hydrogen) atoms. The Kier molecular flexibility index (Phi) is 3.54. The molecule has 0 saturated heterocycles. The molecule has 2 rings (SSSR count). The predicted molar refractivity (Wildman–Crippen MR) is 72.3 cm³/mol. The summed E-state index contributed by atoms with van der Waals surface area (Å²) in [5.74, 6) is 4.25. The Balaban J connectivity index is 2.57. The van der Waals surface area contributed by atoms with E-state index in [1.165, 1.54) is 0 Å². The number of benzene rings is 1. The fourth-order valence-corrected chi connectivity index (χ4v) is 1.99. The third-order valence-corrected chi connectivity index (χ3v) is 2.72. The molecule has 1 heterocycles. The lowest BCUT2D eigenvalue weighted by Gasteiger charge is -2.08. The second kappa shape index (κ2) is 5.11. The molecule has 1 aromatic carbocycles. The molecule has 0 bridgehead atoms. The number of nitrogens with zero attached hydrogens (tertiary/aromatic N) is 2. The van der Waals surface area contributed by atoms with Crippen LogP contribution in [0.25, 0.3) is 11.0 Å². The third kappa shape index (κ3) is 2.18. The summed E-state index contributed by atoms with van der Waals surface area (Å²) in [4.78, 5) is 4.54. The summed E-state index contributed by atoms with van der Waals surface area (Å²) in [6.07, 6.45) is 5.39. The van der Waals surface area contributed by atoms with Crippen molar-refractivity contribution in [1.29, 1.82) is 0 Å². The van der Waals surface area contributed by atoms with E-state index in [1.807, 2.05) is 36.6 Å². The Bertz CT molecular complexity index is 593. The van der Waals surface area contributed by atoms with Crippen molar-refractivity contribution in [2.45, 2.75) is 26.4 Å². The molecule has 1 unspecified atom stereocenters. The van der Waals surface area contributed by atoms with Gasteiger partial charge in [0.05, 0.1) is 30.2 Å². The molecule has 4 nitrogen and oxygen atoms in total. The van der Waals surface area contributed by atoms with Gasteiger partial charge in [0.1, 0.15) is 11.6 Å². The molecule has 0 radical (unpaired) electrons. The first-order chi connectivity index (χ1) is 8.67. The minimum absolute atomic E-state index is 0.152. The van der Waals surface area contributed by atoms with Crippen molar-refractivity contribution in [3.05, 3.63) is 24.0 Å². The van der Waals surface area contributed by atoms with Gasteiger partial charge in [-0.15, -0.1) is 6.42 Å². The Morgan fingerprint density at radius 1 is 1.56 bits per heavy atom. The van der Waals surface area contributed by atoms with E-state index in [1.54, 1.807) is 0 Å². The maximum Gasteiger partial charge on any atom is 0.127 e. The number of hydrogen-bond donors (Lipinski definition) is 1. The highest BCUT2D eigenvalue weighted by molar-refractivity contribution is 5.78. The lowest BCUT2D eigenvalue weighted by molar-refractivity contribution is 0.340. The molecule has 1 atom stereocenters. The van der Waals surface area contributed by atoms with E-state index in [4.69, 9.17) is 16.9 Å². The van der Waals surface area contributed by atoms with E-state index in [2.05, 4.69) is 10.9 Å². The molecular weight excluding hydrogens is 226 g/mol. The standard InChI is InChI=1S/C14H17N3O/c1-4-8-17-13-7-6-11(18-5-2)9-12(13)16-14(17)10(3)15/h1,6-7,9-10H,5,8,15H2,2-3H3. The molecule has 0 spiro atoms. The monoisotopic (exact) mass is 243 g/mol. The average molecular weight is 243 g/mol. The predicted octanol–water partition coefficient (Wildman–Crippen LogP) is 2.09. The van der Waals surface area contributed by atoms with Gasteiger partial charge in [0.2, 0.25) is 0 Å². The van der Waals surface area contributed by atoms with Crippen LogP contribution in [-0.2, 0) is 6.54 Å². The van der Waals surface area contributed by atoms with Crippen molar-refractivity contribution in [2.75, 3.05) is 6.61 Å². The van der Waals surface area contributed by atoms with Gasteiger partial charge in [-0.2, -0.15) is 0 Å². The first kappa shape index (κ1) is 12.5. The zero-order chi connectivity index (χ0) is 13.1. The van der Waals surface area contributed by atoms with Crippen molar-refractivity contribution in [3.63, 3.8) is 0 Å². The minimum Gasteiger partial charge on any atom is -0.494 e. The molecule has 94 valence electrons. The van der Waals surface area contributed by atoms with Crippen LogP contribution in [0.2, 0.25) is 0 Å². The maximum absolute atomic E-state index is 5.92. The van der Waals surface area contributed by atoms with E-state index in [0.717, 1.165) is 22.6 Å². The summed E-state index contributed by atoms with van der Waals surface area (Å²) in [5, 5.41) is 0. The molecule has 0 aliphatic heterocycles. The van der Waals surface area contributed by atoms with Crippen LogP contribution in [0.3, 0.4) is 0 Å². The van der Waals surface area contributed by atoms with Gasteiger partial charge in [-0.1, -0.05) is 5.92 Å². The van der Waals surface area contributed by atoms with Crippen LogP contribution in [0.15, 0.2) is 18.2 Å². The first-order valence-corrected chi connectivity index (χ1v) is 5.99. The largest absolute Gasteiger partial charge is 0.494 e. The van der Waals surface area contributed by atoms with Gasteiger partial charge in [-0.25, -0.2) is 4.98 Å². The summed E-state index contributed by atoms with van der Waals surface area (Å²) < 4.78 is 7.43. The van der Waals surface area contributed by atoms with E-state index in [9.17, 15) is 0 Å².